The predicted molar refractivity (Wildman–Crippen MR) is 47.8 cm³/mol. The number of nitrogens with zero attached hydrogens (tertiary/aromatic N) is 1. The average Bonchev–Trinajstić information content (AvgIpc) is 2.48. The summed E-state index contributed by atoms with van der Waals surface area (Å²) in [6.45, 7) is 2.08. The van der Waals surface area contributed by atoms with Gasteiger partial charge in [0.15, 0.2) is 11.4 Å². The van der Waals surface area contributed by atoms with Crippen molar-refractivity contribution in [2.45, 2.75) is 13.3 Å². The Morgan fingerprint density at radius 2 is 2.33 bits per heavy atom. The first-order valence-corrected chi connectivity index (χ1v) is 3.95. The molecule has 0 saturated carbocycles. The van der Waals surface area contributed by atoms with Gasteiger partial charge in [0.05, 0.1) is 5.39 Å². The van der Waals surface area contributed by atoms with E-state index in [1.165, 1.54) is 0 Å². The number of rotatable bonds is 1. The summed E-state index contributed by atoms with van der Waals surface area (Å²) in [5, 5.41) is 4.62. The fourth-order valence-electron chi connectivity index (χ4n) is 1.32. The van der Waals surface area contributed by atoms with Gasteiger partial charge in [-0.05, 0) is 18.1 Å². The first kappa shape index (κ1) is 7.16. The molecule has 2 N–H and O–H groups in total. The summed E-state index contributed by atoms with van der Waals surface area (Å²) < 4.78 is 5.10. The minimum atomic E-state index is 0.473. The molecule has 3 heteroatoms. The molecule has 0 bridgehead atoms. The Balaban J connectivity index is 2.81. The van der Waals surface area contributed by atoms with E-state index in [9.17, 15) is 0 Å². The van der Waals surface area contributed by atoms with Gasteiger partial charge >= 0.3 is 0 Å². The van der Waals surface area contributed by atoms with E-state index in [-0.39, 0.29) is 0 Å². The van der Waals surface area contributed by atoms with Crippen molar-refractivity contribution in [3.8, 4) is 0 Å². The average molecular weight is 162 g/mol. The third-order valence-electron chi connectivity index (χ3n) is 1.99. The highest BCUT2D eigenvalue weighted by molar-refractivity contribution is 5.88. The molecule has 1 heterocycles. The quantitative estimate of drug-likeness (QED) is 0.697. The normalized spacial score (nSPS) is 10.8. The van der Waals surface area contributed by atoms with Crippen LogP contribution in [0.2, 0.25) is 0 Å². The number of fused-ring (bicyclic) bond motifs is 1. The van der Waals surface area contributed by atoms with Gasteiger partial charge in [-0.2, -0.15) is 0 Å². The number of para-hydroxylation sites is 1. The van der Waals surface area contributed by atoms with Crippen LogP contribution < -0.4 is 5.73 Å². The van der Waals surface area contributed by atoms with Crippen LogP contribution in [0.1, 0.15) is 12.5 Å². The van der Waals surface area contributed by atoms with Crippen LogP contribution in [0, 0.1) is 0 Å². The third-order valence-corrected chi connectivity index (χ3v) is 1.99. The molecule has 12 heavy (non-hydrogen) atoms. The second kappa shape index (κ2) is 2.52. The molecule has 0 saturated heterocycles. The lowest BCUT2D eigenvalue weighted by atomic mass is 10.1. The van der Waals surface area contributed by atoms with Crippen LogP contribution in [0.4, 0.5) is 5.82 Å². The largest absolute Gasteiger partial charge is 0.380 e. The van der Waals surface area contributed by atoms with Crippen LogP contribution in [-0.4, -0.2) is 5.16 Å². The number of nitrogen functional groups attached to an aromatic ring is 1. The van der Waals surface area contributed by atoms with E-state index in [1.54, 1.807) is 0 Å². The Bertz CT molecular complexity index is 406. The van der Waals surface area contributed by atoms with E-state index < -0.39 is 0 Å². The maximum absolute atomic E-state index is 5.59. The number of hydrogen-bond donors (Lipinski definition) is 1. The van der Waals surface area contributed by atoms with Crippen molar-refractivity contribution in [3.05, 3.63) is 23.8 Å². The Kier molecular flexibility index (Phi) is 1.50. The molecule has 0 fully saturated rings. The second-order valence-corrected chi connectivity index (χ2v) is 2.72. The van der Waals surface area contributed by atoms with Crippen LogP contribution in [0.15, 0.2) is 22.7 Å². The zero-order chi connectivity index (χ0) is 8.55. The molecule has 2 aromatic rings. The van der Waals surface area contributed by atoms with Crippen molar-refractivity contribution in [1.29, 1.82) is 0 Å². The minimum Gasteiger partial charge on any atom is -0.380 e. The molecule has 62 valence electrons. The van der Waals surface area contributed by atoms with Gasteiger partial charge in [0.25, 0.3) is 0 Å². The lowest BCUT2D eigenvalue weighted by Gasteiger charge is -1.94. The van der Waals surface area contributed by atoms with Gasteiger partial charge in [0.1, 0.15) is 0 Å². The Hall–Kier alpha value is -1.51. The summed E-state index contributed by atoms with van der Waals surface area (Å²) >= 11 is 0. The smallest absolute Gasteiger partial charge is 0.174 e. The lowest BCUT2D eigenvalue weighted by Crippen LogP contribution is -1.84. The van der Waals surface area contributed by atoms with E-state index >= 15 is 0 Å². The van der Waals surface area contributed by atoms with Crippen molar-refractivity contribution < 1.29 is 4.52 Å². The molecule has 3 nitrogen and oxygen atoms in total. The van der Waals surface area contributed by atoms with Crippen LogP contribution in [0.5, 0.6) is 0 Å². The van der Waals surface area contributed by atoms with E-state index in [0.717, 1.165) is 23.0 Å². The molecule has 0 aliphatic carbocycles. The molecule has 0 unspecified atom stereocenters. The summed E-state index contributed by atoms with van der Waals surface area (Å²) in [4.78, 5) is 0. The zero-order valence-electron chi connectivity index (χ0n) is 6.87. The molecule has 0 spiro atoms. The molecule has 2 rings (SSSR count). The zero-order valence-corrected chi connectivity index (χ0v) is 6.87. The number of benzene rings is 1. The lowest BCUT2D eigenvalue weighted by molar-refractivity contribution is 0.458. The van der Waals surface area contributed by atoms with Gasteiger partial charge < -0.3 is 10.3 Å². The third kappa shape index (κ3) is 0.863. The number of hydrogen-bond acceptors (Lipinski definition) is 3. The SMILES string of the molecule is CCc1cccc2c(N)noc12. The van der Waals surface area contributed by atoms with Gasteiger partial charge in [0.2, 0.25) is 0 Å². The monoisotopic (exact) mass is 162 g/mol. The van der Waals surface area contributed by atoms with E-state index in [2.05, 4.69) is 12.1 Å². The summed E-state index contributed by atoms with van der Waals surface area (Å²) in [6.07, 6.45) is 0.936. The predicted octanol–water partition coefficient (Wildman–Crippen LogP) is 1.97. The van der Waals surface area contributed by atoms with E-state index in [1.807, 2.05) is 18.2 Å². The van der Waals surface area contributed by atoms with Crippen molar-refractivity contribution in [2.24, 2.45) is 0 Å². The van der Waals surface area contributed by atoms with E-state index in [4.69, 9.17) is 10.3 Å². The summed E-state index contributed by atoms with van der Waals surface area (Å²) in [5.74, 6) is 0.473. The van der Waals surface area contributed by atoms with Crippen LogP contribution >= 0.6 is 0 Å². The van der Waals surface area contributed by atoms with Crippen LogP contribution in [-0.2, 0) is 6.42 Å². The molecule has 0 radical (unpaired) electrons. The molecule has 1 aromatic carbocycles. The number of aryl methyl sites for hydroxylation is 1. The first-order chi connectivity index (χ1) is 5.83. The van der Waals surface area contributed by atoms with Gasteiger partial charge in [-0.25, -0.2) is 0 Å². The highest BCUT2D eigenvalue weighted by atomic mass is 16.5. The molecule has 0 aliphatic rings. The van der Waals surface area contributed by atoms with Crippen LogP contribution in [0.3, 0.4) is 0 Å². The molecular weight excluding hydrogens is 152 g/mol. The summed E-state index contributed by atoms with van der Waals surface area (Å²) in [5.41, 5.74) is 7.56. The summed E-state index contributed by atoms with van der Waals surface area (Å²) in [6, 6.07) is 5.90. The molecule has 0 amide bonds. The topological polar surface area (TPSA) is 52.0 Å². The number of nitrogens with two attached hydrogens (primary N) is 1. The fraction of sp³-hybridized carbons (Fsp3) is 0.222. The maximum atomic E-state index is 5.59. The highest BCUT2D eigenvalue weighted by Crippen LogP contribution is 2.23. The van der Waals surface area contributed by atoms with Crippen molar-refractivity contribution in [1.82, 2.24) is 5.16 Å². The first-order valence-electron chi connectivity index (χ1n) is 3.95. The van der Waals surface area contributed by atoms with Crippen molar-refractivity contribution in [3.63, 3.8) is 0 Å². The Labute approximate surface area is 70.1 Å². The van der Waals surface area contributed by atoms with Gasteiger partial charge in [0, 0.05) is 0 Å². The van der Waals surface area contributed by atoms with Gasteiger partial charge in [-0.3, -0.25) is 0 Å². The minimum absolute atomic E-state index is 0.473. The number of aromatic nitrogens is 1. The maximum Gasteiger partial charge on any atom is 0.174 e. The van der Waals surface area contributed by atoms with Crippen LogP contribution in [0.25, 0.3) is 11.0 Å². The Morgan fingerprint density at radius 3 is 3.08 bits per heavy atom. The Morgan fingerprint density at radius 1 is 1.50 bits per heavy atom. The molecule has 0 aliphatic heterocycles. The number of anilines is 1. The molecule has 0 atom stereocenters. The van der Waals surface area contributed by atoms with Gasteiger partial charge in [-0.15, -0.1) is 0 Å². The summed E-state index contributed by atoms with van der Waals surface area (Å²) in [7, 11) is 0. The fourth-order valence-corrected chi connectivity index (χ4v) is 1.32. The second-order valence-electron chi connectivity index (χ2n) is 2.72. The standard InChI is InChI=1S/C9H10N2O/c1-2-6-4-3-5-7-8(6)12-11-9(7)10/h3-5H,2H2,1H3,(H2,10,11). The highest BCUT2D eigenvalue weighted by Gasteiger charge is 2.06. The van der Waals surface area contributed by atoms with Gasteiger partial charge in [-0.1, -0.05) is 24.2 Å². The molecule has 1 aromatic heterocycles. The van der Waals surface area contributed by atoms with Crippen molar-refractivity contribution in [2.75, 3.05) is 5.73 Å². The van der Waals surface area contributed by atoms with E-state index in [0.29, 0.717) is 5.82 Å². The molecular formula is C9H10N2O. The van der Waals surface area contributed by atoms with Crippen molar-refractivity contribution >= 4 is 16.8 Å².